The van der Waals surface area contributed by atoms with Crippen molar-refractivity contribution in [1.82, 2.24) is 5.32 Å². The second-order valence-electron chi connectivity index (χ2n) is 5.37. The molecule has 3 nitrogen and oxygen atoms in total. The van der Waals surface area contributed by atoms with Crippen molar-refractivity contribution in [3.63, 3.8) is 0 Å². The molecule has 0 spiro atoms. The highest BCUT2D eigenvalue weighted by Gasteiger charge is 2.16. The molecule has 3 N–H and O–H groups in total. The second-order valence-corrected chi connectivity index (χ2v) is 5.37. The summed E-state index contributed by atoms with van der Waals surface area (Å²) in [6.45, 7) is 5.62. The van der Waals surface area contributed by atoms with Crippen LogP contribution in [0, 0.1) is 11.2 Å². The zero-order chi connectivity index (χ0) is 13.6. The van der Waals surface area contributed by atoms with Gasteiger partial charge < -0.3 is 15.5 Å². The van der Waals surface area contributed by atoms with Crippen molar-refractivity contribution in [2.45, 2.75) is 33.2 Å². The van der Waals surface area contributed by atoms with E-state index in [-0.39, 0.29) is 23.6 Å². The van der Waals surface area contributed by atoms with E-state index in [1.807, 2.05) is 0 Å². The Morgan fingerprint density at radius 2 is 2.06 bits per heavy atom. The molecule has 0 aliphatic rings. The molecule has 1 rings (SSSR count). The van der Waals surface area contributed by atoms with Gasteiger partial charge in [-0.1, -0.05) is 13.8 Å². The van der Waals surface area contributed by atoms with E-state index < -0.39 is 0 Å². The van der Waals surface area contributed by atoms with E-state index in [2.05, 4.69) is 19.2 Å². The molecule has 4 heteroatoms. The van der Waals surface area contributed by atoms with Crippen molar-refractivity contribution in [3.8, 4) is 5.75 Å². The lowest BCUT2D eigenvalue weighted by Crippen LogP contribution is -2.29. The molecule has 0 amide bonds. The summed E-state index contributed by atoms with van der Waals surface area (Å²) in [6, 6.07) is 3.94. The molecule has 0 unspecified atom stereocenters. The normalized spacial score (nSPS) is 11.8. The lowest BCUT2D eigenvalue weighted by atomic mass is 9.88. The van der Waals surface area contributed by atoms with Crippen LogP contribution in [0.15, 0.2) is 18.2 Å². The zero-order valence-electron chi connectivity index (χ0n) is 11.0. The standard InChI is InChI=1S/C14H22FNO2/c1-14(2,6-3-7-17)10-16-9-11-8-12(15)4-5-13(11)18/h4-5,8,16-18H,3,6-7,9-10H2,1-2H3. The highest BCUT2D eigenvalue weighted by Crippen LogP contribution is 2.22. The minimum absolute atomic E-state index is 0.0751. The molecule has 0 bridgehead atoms. The van der Waals surface area contributed by atoms with Crippen molar-refractivity contribution in [1.29, 1.82) is 0 Å². The predicted molar refractivity (Wildman–Crippen MR) is 69.9 cm³/mol. The zero-order valence-corrected chi connectivity index (χ0v) is 11.0. The van der Waals surface area contributed by atoms with Crippen molar-refractivity contribution in [3.05, 3.63) is 29.6 Å². The molecule has 1 aromatic carbocycles. The van der Waals surface area contributed by atoms with Gasteiger partial charge in [0.15, 0.2) is 0 Å². The Morgan fingerprint density at radius 1 is 1.33 bits per heavy atom. The summed E-state index contributed by atoms with van der Waals surface area (Å²) in [4.78, 5) is 0. The Labute approximate surface area is 108 Å². The first-order valence-electron chi connectivity index (χ1n) is 6.23. The molecule has 0 atom stereocenters. The number of phenols is 1. The van der Waals surface area contributed by atoms with Crippen LogP contribution in [0.2, 0.25) is 0 Å². The van der Waals surface area contributed by atoms with E-state index in [4.69, 9.17) is 5.11 Å². The molecule has 0 aromatic heterocycles. The van der Waals surface area contributed by atoms with Crippen molar-refractivity contribution in [2.24, 2.45) is 5.41 Å². The molecule has 0 aliphatic carbocycles. The van der Waals surface area contributed by atoms with Crippen molar-refractivity contribution in [2.75, 3.05) is 13.2 Å². The molecule has 0 aliphatic heterocycles. The average molecular weight is 255 g/mol. The Morgan fingerprint density at radius 3 is 2.72 bits per heavy atom. The average Bonchev–Trinajstić information content (AvgIpc) is 2.31. The van der Waals surface area contributed by atoms with Crippen LogP contribution in [0.1, 0.15) is 32.3 Å². The van der Waals surface area contributed by atoms with Crippen LogP contribution in [0.4, 0.5) is 4.39 Å². The summed E-state index contributed by atoms with van der Waals surface area (Å²) in [5.41, 5.74) is 0.638. The van der Waals surface area contributed by atoms with Gasteiger partial charge in [-0.3, -0.25) is 0 Å². The summed E-state index contributed by atoms with van der Waals surface area (Å²) in [5.74, 6) is -0.235. The number of hydrogen-bond donors (Lipinski definition) is 3. The third-order valence-corrected chi connectivity index (χ3v) is 2.97. The molecule has 102 valence electrons. The summed E-state index contributed by atoms with van der Waals surface area (Å²) in [6.07, 6.45) is 1.70. The second kappa shape index (κ2) is 6.71. The van der Waals surface area contributed by atoms with Gasteiger partial charge in [0, 0.05) is 25.3 Å². The highest BCUT2D eigenvalue weighted by molar-refractivity contribution is 5.32. The highest BCUT2D eigenvalue weighted by atomic mass is 19.1. The third-order valence-electron chi connectivity index (χ3n) is 2.97. The van der Waals surface area contributed by atoms with Gasteiger partial charge in [0.2, 0.25) is 0 Å². The van der Waals surface area contributed by atoms with E-state index in [9.17, 15) is 9.50 Å². The van der Waals surface area contributed by atoms with Gasteiger partial charge >= 0.3 is 0 Å². The molecule has 0 radical (unpaired) electrons. The van der Waals surface area contributed by atoms with E-state index in [0.717, 1.165) is 19.4 Å². The molecular formula is C14H22FNO2. The van der Waals surface area contributed by atoms with Crippen molar-refractivity contribution >= 4 is 0 Å². The maximum atomic E-state index is 13.0. The number of aliphatic hydroxyl groups excluding tert-OH is 1. The number of aliphatic hydroxyl groups is 1. The van der Waals surface area contributed by atoms with Crippen LogP contribution in [0.3, 0.4) is 0 Å². The Hall–Kier alpha value is -1.13. The fourth-order valence-corrected chi connectivity index (χ4v) is 1.88. The predicted octanol–water partition coefficient (Wildman–Crippen LogP) is 2.42. The summed E-state index contributed by atoms with van der Waals surface area (Å²) in [7, 11) is 0. The molecule has 0 fully saturated rings. The van der Waals surface area contributed by atoms with Gasteiger partial charge in [-0.15, -0.1) is 0 Å². The monoisotopic (exact) mass is 255 g/mol. The van der Waals surface area contributed by atoms with Gasteiger partial charge in [0.1, 0.15) is 11.6 Å². The van der Waals surface area contributed by atoms with Crippen LogP contribution < -0.4 is 5.32 Å². The molecule has 0 saturated carbocycles. The van der Waals surface area contributed by atoms with Gasteiger partial charge in [0.05, 0.1) is 0 Å². The maximum Gasteiger partial charge on any atom is 0.123 e. The molecular weight excluding hydrogens is 233 g/mol. The van der Waals surface area contributed by atoms with Gasteiger partial charge in [0.25, 0.3) is 0 Å². The molecule has 1 aromatic rings. The van der Waals surface area contributed by atoms with Crippen LogP contribution >= 0.6 is 0 Å². The quantitative estimate of drug-likeness (QED) is 0.701. The van der Waals surface area contributed by atoms with E-state index in [1.165, 1.54) is 18.2 Å². The first kappa shape index (κ1) is 14.9. The fourth-order valence-electron chi connectivity index (χ4n) is 1.88. The number of phenolic OH excluding ortho intramolecular Hbond substituents is 1. The number of nitrogens with one attached hydrogen (secondary N) is 1. The smallest absolute Gasteiger partial charge is 0.123 e. The summed E-state index contributed by atoms with van der Waals surface area (Å²) < 4.78 is 13.0. The number of aromatic hydroxyl groups is 1. The molecule has 0 saturated heterocycles. The van der Waals surface area contributed by atoms with E-state index in [1.54, 1.807) is 0 Å². The minimum Gasteiger partial charge on any atom is -0.508 e. The topological polar surface area (TPSA) is 52.5 Å². The Balaban J connectivity index is 2.43. The maximum absolute atomic E-state index is 13.0. The number of benzene rings is 1. The summed E-state index contributed by atoms with van der Waals surface area (Å²) in [5, 5.41) is 21.6. The van der Waals surface area contributed by atoms with E-state index >= 15 is 0 Å². The molecule has 0 heterocycles. The lowest BCUT2D eigenvalue weighted by molar-refractivity contribution is 0.236. The Kier molecular flexibility index (Phi) is 5.56. The SMILES string of the molecule is CC(C)(CCCO)CNCc1cc(F)ccc1O. The van der Waals surface area contributed by atoms with Crippen molar-refractivity contribution < 1.29 is 14.6 Å². The van der Waals surface area contributed by atoms with E-state index in [0.29, 0.717) is 12.1 Å². The number of hydrogen-bond acceptors (Lipinski definition) is 3. The van der Waals surface area contributed by atoms with Crippen LogP contribution in [-0.2, 0) is 6.54 Å². The lowest BCUT2D eigenvalue weighted by Gasteiger charge is -2.24. The summed E-state index contributed by atoms with van der Waals surface area (Å²) >= 11 is 0. The van der Waals surface area contributed by atoms with Gasteiger partial charge in [-0.05, 0) is 36.5 Å². The van der Waals surface area contributed by atoms with Gasteiger partial charge in [-0.2, -0.15) is 0 Å². The van der Waals surface area contributed by atoms with Gasteiger partial charge in [-0.25, -0.2) is 4.39 Å². The first-order valence-corrected chi connectivity index (χ1v) is 6.23. The number of rotatable bonds is 7. The largest absolute Gasteiger partial charge is 0.508 e. The van der Waals surface area contributed by atoms with Crippen LogP contribution in [-0.4, -0.2) is 23.4 Å². The van der Waals surface area contributed by atoms with Crippen LogP contribution in [0.25, 0.3) is 0 Å². The number of halogens is 1. The van der Waals surface area contributed by atoms with Crippen LogP contribution in [0.5, 0.6) is 5.75 Å². The fraction of sp³-hybridized carbons (Fsp3) is 0.571. The first-order chi connectivity index (χ1) is 8.44. The third kappa shape index (κ3) is 5.02. The minimum atomic E-state index is -0.343. The molecule has 18 heavy (non-hydrogen) atoms. The Bertz CT molecular complexity index is 380.